The Morgan fingerprint density at radius 3 is 2.94 bits per heavy atom. The maximum absolute atomic E-state index is 10.9. The molecule has 2 heterocycles. The molecule has 16 heavy (non-hydrogen) atoms. The van der Waals surface area contributed by atoms with E-state index in [4.69, 9.17) is 0 Å². The lowest BCUT2D eigenvalue weighted by Gasteiger charge is -2.07. The molecule has 1 aliphatic carbocycles. The van der Waals surface area contributed by atoms with Crippen molar-refractivity contribution in [3.8, 4) is 0 Å². The molecular weight excluding hydrogens is 200 g/mol. The van der Waals surface area contributed by atoms with Crippen molar-refractivity contribution in [2.45, 2.75) is 31.6 Å². The molecule has 0 saturated heterocycles. The summed E-state index contributed by atoms with van der Waals surface area (Å²) in [5, 5.41) is 0. The van der Waals surface area contributed by atoms with Crippen LogP contribution in [0, 0.1) is 0 Å². The number of fused-ring (bicyclic) bond motifs is 1. The summed E-state index contributed by atoms with van der Waals surface area (Å²) in [4.78, 5) is 15.4. The molecule has 0 N–H and O–H groups in total. The zero-order chi connectivity index (χ0) is 11.0. The van der Waals surface area contributed by atoms with Gasteiger partial charge in [0.05, 0.1) is 11.7 Å². The van der Waals surface area contributed by atoms with Gasteiger partial charge in [0.25, 0.3) is 0 Å². The van der Waals surface area contributed by atoms with Crippen LogP contribution in [0.25, 0.3) is 5.52 Å². The summed E-state index contributed by atoms with van der Waals surface area (Å²) in [5.74, 6) is 1.70. The standard InChI is InChI=1S/C13H14N2O/c16-9-11-6-3-7-15-12(11)8-14-13(15)10-4-1-2-5-10/h3,6-10H,1-2,4-5H2. The zero-order valence-electron chi connectivity index (χ0n) is 9.10. The average molecular weight is 214 g/mol. The van der Waals surface area contributed by atoms with E-state index in [2.05, 4.69) is 9.38 Å². The summed E-state index contributed by atoms with van der Waals surface area (Å²) in [7, 11) is 0. The van der Waals surface area contributed by atoms with Crippen molar-refractivity contribution >= 4 is 11.8 Å². The molecule has 0 radical (unpaired) electrons. The summed E-state index contributed by atoms with van der Waals surface area (Å²) in [5.41, 5.74) is 1.65. The first kappa shape index (κ1) is 9.58. The maximum Gasteiger partial charge on any atom is 0.152 e. The molecule has 0 bridgehead atoms. The molecule has 3 heteroatoms. The van der Waals surface area contributed by atoms with Gasteiger partial charge in [0.15, 0.2) is 6.29 Å². The predicted octanol–water partition coefficient (Wildman–Crippen LogP) is 2.80. The third-order valence-corrected chi connectivity index (χ3v) is 3.48. The fourth-order valence-corrected chi connectivity index (χ4v) is 2.65. The van der Waals surface area contributed by atoms with Crippen LogP contribution in [0.2, 0.25) is 0 Å². The van der Waals surface area contributed by atoms with E-state index in [1.54, 1.807) is 0 Å². The van der Waals surface area contributed by atoms with E-state index in [-0.39, 0.29) is 0 Å². The van der Waals surface area contributed by atoms with Crippen LogP contribution in [-0.4, -0.2) is 15.7 Å². The van der Waals surface area contributed by atoms with Gasteiger partial charge >= 0.3 is 0 Å². The van der Waals surface area contributed by atoms with Gasteiger partial charge < -0.3 is 4.40 Å². The third kappa shape index (κ3) is 1.35. The van der Waals surface area contributed by atoms with E-state index in [0.717, 1.165) is 23.2 Å². The van der Waals surface area contributed by atoms with E-state index in [9.17, 15) is 4.79 Å². The largest absolute Gasteiger partial charge is 0.303 e. The first-order valence-electron chi connectivity index (χ1n) is 5.81. The number of nitrogens with zero attached hydrogens (tertiary/aromatic N) is 2. The molecule has 0 aromatic carbocycles. The van der Waals surface area contributed by atoms with Gasteiger partial charge in [0.2, 0.25) is 0 Å². The second kappa shape index (κ2) is 3.74. The van der Waals surface area contributed by atoms with Gasteiger partial charge in [0, 0.05) is 17.7 Å². The normalized spacial score (nSPS) is 17.0. The fraction of sp³-hybridized carbons (Fsp3) is 0.385. The number of aromatic nitrogens is 2. The molecule has 0 aliphatic heterocycles. The van der Waals surface area contributed by atoms with Crippen LogP contribution in [-0.2, 0) is 0 Å². The molecule has 3 nitrogen and oxygen atoms in total. The number of hydrogen-bond donors (Lipinski definition) is 0. The number of pyridine rings is 1. The SMILES string of the molecule is O=Cc1cccn2c(C3CCCC3)ncc12. The fourth-order valence-electron chi connectivity index (χ4n) is 2.65. The topological polar surface area (TPSA) is 34.4 Å². The van der Waals surface area contributed by atoms with E-state index in [0.29, 0.717) is 5.92 Å². The van der Waals surface area contributed by atoms with Crippen LogP contribution in [0.3, 0.4) is 0 Å². The highest BCUT2D eigenvalue weighted by atomic mass is 16.1. The summed E-state index contributed by atoms with van der Waals surface area (Å²) in [6, 6.07) is 3.75. The van der Waals surface area contributed by atoms with Gasteiger partial charge in [-0.25, -0.2) is 4.98 Å². The number of carbonyl (C=O) groups excluding carboxylic acids is 1. The molecule has 1 saturated carbocycles. The second-order valence-electron chi connectivity index (χ2n) is 4.43. The highest BCUT2D eigenvalue weighted by Crippen LogP contribution is 2.33. The number of imidazole rings is 1. The third-order valence-electron chi connectivity index (χ3n) is 3.48. The molecule has 2 aromatic rings. The van der Waals surface area contributed by atoms with E-state index in [1.165, 1.54) is 25.7 Å². The predicted molar refractivity (Wildman–Crippen MR) is 61.8 cm³/mol. The summed E-state index contributed by atoms with van der Waals surface area (Å²) < 4.78 is 2.07. The highest BCUT2D eigenvalue weighted by Gasteiger charge is 2.21. The van der Waals surface area contributed by atoms with Gasteiger partial charge in [-0.3, -0.25) is 4.79 Å². The van der Waals surface area contributed by atoms with E-state index in [1.807, 2.05) is 24.5 Å². The molecule has 0 unspecified atom stereocenters. The van der Waals surface area contributed by atoms with Gasteiger partial charge in [0.1, 0.15) is 5.82 Å². The molecule has 1 aliphatic rings. The Hall–Kier alpha value is -1.64. The zero-order valence-corrected chi connectivity index (χ0v) is 9.10. The van der Waals surface area contributed by atoms with Crippen LogP contribution in [0.1, 0.15) is 47.8 Å². The van der Waals surface area contributed by atoms with Crippen molar-refractivity contribution in [2.75, 3.05) is 0 Å². The van der Waals surface area contributed by atoms with Gasteiger partial charge in [-0.2, -0.15) is 0 Å². The van der Waals surface area contributed by atoms with Gasteiger partial charge in [-0.05, 0) is 25.0 Å². The smallest absolute Gasteiger partial charge is 0.152 e. The number of rotatable bonds is 2. The van der Waals surface area contributed by atoms with Gasteiger partial charge in [-0.1, -0.05) is 12.8 Å². The molecule has 0 amide bonds. The van der Waals surface area contributed by atoms with E-state index >= 15 is 0 Å². The Balaban J connectivity index is 2.16. The maximum atomic E-state index is 10.9. The van der Waals surface area contributed by atoms with Gasteiger partial charge in [-0.15, -0.1) is 0 Å². The summed E-state index contributed by atoms with van der Waals surface area (Å²) >= 11 is 0. The Bertz CT molecular complexity index is 524. The van der Waals surface area contributed by atoms with Crippen LogP contribution in [0.4, 0.5) is 0 Å². The molecule has 1 fully saturated rings. The monoisotopic (exact) mass is 214 g/mol. The quantitative estimate of drug-likeness (QED) is 0.720. The lowest BCUT2D eigenvalue weighted by atomic mass is 10.1. The average Bonchev–Trinajstić information content (AvgIpc) is 2.96. The lowest BCUT2D eigenvalue weighted by Crippen LogP contribution is -2.00. The molecule has 0 spiro atoms. The van der Waals surface area contributed by atoms with Crippen molar-refractivity contribution in [1.29, 1.82) is 0 Å². The number of aldehydes is 1. The lowest BCUT2D eigenvalue weighted by molar-refractivity contribution is 0.112. The van der Waals surface area contributed by atoms with Crippen LogP contribution in [0.5, 0.6) is 0 Å². The Labute approximate surface area is 94.1 Å². The van der Waals surface area contributed by atoms with Crippen LogP contribution < -0.4 is 0 Å². The van der Waals surface area contributed by atoms with Crippen LogP contribution in [0.15, 0.2) is 24.5 Å². The minimum absolute atomic E-state index is 0.574. The first-order chi connectivity index (χ1) is 7.90. The molecule has 3 rings (SSSR count). The number of hydrogen-bond acceptors (Lipinski definition) is 2. The molecule has 82 valence electrons. The molecular formula is C13H14N2O. The highest BCUT2D eigenvalue weighted by molar-refractivity contribution is 5.85. The van der Waals surface area contributed by atoms with Crippen LogP contribution >= 0.6 is 0 Å². The first-order valence-corrected chi connectivity index (χ1v) is 5.81. The Morgan fingerprint density at radius 1 is 1.38 bits per heavy atom. The minimum Gasteiger partial charge on any atom is -0.303 e. The second-order valence-corrected chi connectivity index (χ2v) is 4.43. The Kier molecular flexibility index (Phi) is 2.24. The van der Waals surface area contributed by atoms with Crippen molar-refractivity contribution in [3.63, 3.8) is 0 Å². The van der Waals surface area contributed by atoms with Crippen molar-refractivity contribution < 1.29 is 4.79 Å². The van der Waals surface area contributed by atoms with E-state index < -0.39 is 0 Å². The van der Waals surface area contributed by atoms with Crippen molar-refractivity contribution in [3.05, 3.63) is 35.9 Å². The summed E-state index contributed by atoms with van der Waals surface area (Å²) in [6.45, 7) is 0. The summed E-state index contributed by atoms with van der Waals surface area (Å²) in [6.07, 6.45) is 9.77. The minimum atomic E-state index is 0.574. The Morgan fingerprint density at radius 2 is 2.19 bits per heavy atom. The number of carbonyl (C=O) groups is 1. The van der Waals surface area contributed by atoms with Crippen molar-refractivity contribution in [2.24, 2.45) is 0 Å². The van der Waals surface area contributed by atoms with Crippen molar-refractivity contribution in [1.82, 2.24) is 9.38 Å². The molecule has 2 aromatic heterocycles. The molecule has 0 atom stereocenters.